The van der Waals surface area contributed by atoms with E-state index in [9.17, 15) is 18.0 Å². The molecule has 0 fully saturated rings. The van der Waals surface area contributed by atoms with Crippen molar-refractivity contribution in [2.24, 2.45) is 0 Å². The Bertz CT molecular complexity index is 469. The number of benzene rings is 1. The average Bonchev–Trinajstić information content (AvgIpc) is 2.24. The van der Waals surface area contributed by atoms with E-state index in [1.54, 1.807) is 0 Å². The van der Waals surface area contributed by atoms with E-state index in [1.807, 2.05) is 0 Å². The molecular weight excluding hydrogens is 263 g/mol. The first-order valence-electron chi connectivity index (χ1n) is 5.08. The molecule has 0 saturated carbocycles. The number of alkyl halides is 3. The van der Waals surface area contributed by atoms with Crippen LogP contribution in [0, 0.1) is 0 Å². The maximum Gasteiger partial charge on any atom is 0.417 e. The number of halogens is 3. The predicted molar refractivity (Wildman–Crippen MR) is 68.0 cm³/mol. The third-order valence-corrected chi connectivity index (χ3v) is 2.88. The number of nitrogens with two attached hydrogens (primary N) is 1. The molecule has 0 aliphatic rings. The van der Waals surface area contributed by atoms with E-state index in [-0.39, 0.29) is 16.4 Å². The summed E-state index contributed by atoms with van der Waals surface area (Å²) in [5.41, 5.74) is 4.77. The van der Waals surface area contributed by atoms with E-state index >= 15 is 0 Å². The Kier molecular flexibility index (Phi) is 4.84. The number of thioether (sulfide) groups is 1. The van der Waals surface area contributed by atoms with Gasteiger partial charge in [-0.05, 0) is 12.1 Å². The van der Waals surface area contributed by atoms with E-state index in [0.717, 1.165) is 17.8 Å². The van der Waals surface area contributed by atoms with E-state index in [2.05, 4.69) is 0 Å². The Morgan fingerprint density at radius 1 is 1.44 bits per heavy atom. The summed E-state index contributed by atoms with van der Waals surface area (Å²) in [4.78, 5) is 10.7. The fraction of sp³-hybridized carbons (Fsp3) is 0.250. The van der Waals surface area contributed by atoms with Crippen LogP contribution < -0.4 is 5.73 Å². The van der Waals surface area contributed by atoms with Gasteiger partial charge in [0, 0.05) is 23.9 Å². The highest BCUT2D eigenvalue weighted by Gasteiger charge is 2.33. The first kappa shape index (κ1) is 14.6. The molecule has 0 amide bonds. The molecule has 1 rings (SSSR count). The van der Waals surface area contributed by atoms with Gasteiger partial charge in [-0.15, -0.1) is 0 Å². The number of anilines is 1. The third kappa shape index (κ3) is 4.10. The summed E-state index contributed by atoms with van der Waals surface area (Å²) in [5.74, 6) is 0.320. The lowest BCUT2D eigenvalue weighted by atomic mass is 10.0. The summed E-state index contributed by atoms with van der Waals surface area (Å²) < 4.78 is 38.2. The Labute approximate surface area is 107 Å². The summed E-state index contributed by atoms with van der Waals surface area (Å²) >= 11 is 1.02. The second-order valence-electron chi connectivity index (χ2n) is 3.51. The molecule has 0 bridgehead atoms. The van der Waals surface area contributed by atoms with Gasteiger partial charge in [-0.1, -0.05) is 30.0 Å². The molecule has 0 radical (unpaired) electrons. The largest absolute Gasteiger partial charge is 0.417 e. The lowest BCUT2D eigenvalue weighted by Crippen LogP contribution is -2.08. The lowest BCUT2D eigenvalue weighted by molar-refractivity contribution is -0.137. The number of carbonyl (C=O) groups is 1. The van der Waals surface area contributed by atoms with Crippen molar-refractivity contribution in [1.82, 2.24) is 0 Å². The molecule has 0 atom stereocenters. The molecule has 6 heteroatoms. The van der Waals surface area contributed by atoms with Crippen molar-refractivity contribution in [3.63, 3.8) is 0 Å². The summed E-state index contributed by atoms with van der Waals surface area (Å²) in [6.07, 6.45) is -1.65. The molecular formula is C12H12F3NOS. The highest BCUT2D eigenvalue weighted by atomic mass is 32.2. The van der Waals surface area contributed by atoms with Crippen LogP contribution in [0.1, 0.15) is 18.1 Å². The summed E-state index contributed by atoms with van der Waals surface area (Å²) in [5, 5.41) is -0.0864. The minimum absolute atomic E-state index is 0.0610. The molecule has 1 aromatic rings. The number of hydrogen-bond donors (Lipinski definition) is 1. The minimum Gasteiger partial charge on any atom is -0.398 e. The van der Waals surface area contributed by atoms with Crippen LogP contribution in [-0.4, -0.2) is 10.9 Å². The van der Waals surface area contributed by atoms with E-state index in [1.165, 1.54) is 31.2 Å². The quantitative estimate of drug-likeness (QED) is 0.857. The predicted octanol–water partition coefficient (Wildman–Crippen LogP) is 3.58. The summed E-state index contributed by atoms with van der Waals surface area (Å²) in [7, 11) is 0. The van der Waals surface area contributed by atoms with Crippen molar-refractivity contribution in [2.75, 3.05) is 11.5 Å². The van der Waals surface area contributed by atoms with E-state index in [0.29, 0.717) is 5.75 Å². The Balaban J connectivity index is 2.97. The maximum atomic E-state index is 12.7. The van der Waals surface area contributed by atoms with Crippen LogP contribution >= 0.6 is 11.8 Å². The summed E-state index contributed by atoms with van der Waals surface area (Å²) in [6, 6.07) is 3.65. The van der Waals surface area contributed by atoms with E-state index < -0.39 is 11.7 Å². The van der Waals surface area contributed by atoms with Crippen LogP contribution in [0.15, 0.2) is 24.3 Å². The number of rotatable bonds is 3. The Morgan fingerprint density at radius 3 is 2.67 bits per heavy atom. The molecule has 0 unspecified atom stereocenters. The normalized spacial score (nSPS) is 12.0. The Morgan fingerprint density at radius 2 is 2.11 bits per heavy atom. The fourth-order valence-corrected chi connectivity index (χ4v) is 1.77. The SMILES string of the molecule is CC(=O)SCC=Cc1c(N)cccc1C(F)(F)F. The molecule has 0 aromatic heterocycles. The van der Waals surface area contributed by atoms with Crippen molar-refractivity contribution in [2.45, 2.75) is 13.1 Å². The highest BCUT2D eigenvalue weighted by Crippen LogP contribution is 2.34. The fourth-order valence-electron chi connectivity index (χ4n) is 1.35. The topological polar surface area (TPSA) is 43.1 Å². The third-order valence-electron chi connectivity index (χ3n) is 2.11. The first-order chi connectivity index (χ1) is 8.32. The molecule has 2 N–H and O–H groups in total. The first-order valence-corrected chi connectivity index (χ1v) is 6.06. The molecule has 0 heterocycles. The van der Waals surface area contributed by atoms with Gasteiger partial charge < -0.3 is 5.73 Å². The number of hydrogen-bond acceptors (Lipinski definition) is 3. The Hall–Kier alpha value is -1.43. The zero-order valence-electron chi connectivity index (χ0n) is 9.62. The second kappa shape index (κ2) is 5.95. The van der Waals surface area contributed by atoms with Gasteiger partial charge in [0.05, 0.1) is 5.56 Å². The maximum absolute atomic E-state index is 12.7. The van der Waals surface area contributed by atoms with Gasteiger partial charge in [-0.3, -0.25) is 4.79 Å². The summed E-state index contributed by atoms with van der Waals surface area (Å²) in [6.45, 7) is 1.40. The van der Waals surface area contributed by atoms with Gasteiger partial charge >= 0.3 is 6.18 Å². The van der Waals surface area contributed by atoms with Gasteiger partial charge in [-0.2, -0.15) is 13.2 Å². The molecule has 18 heavy (non-hydrogen) atoms. The van der Waals surface area contributed by atoms with Crippen LogP contribution in [-0.2, 0) is 11.0 Å². The molecule has 1 aromatic carbocycles. The molecule has 0 saturated heterocycles. The highest BCUT2D eigenvalue weighted by molar-refractivity contribution is 8.13. The van der Waals surface area contributed by atoms with Crippen molar-refractivity contribution >= 4 is 28.6 Å². The molecule has 0 spiro atoms. The number of nitrogen functional groups attached to an aromatic ring is 1. The van der Waals surface area contributed by atoms with Crippen molar-refractivity contribution in [1.29, 1.82) is 0 Å². The van der Waals surface area contributed by atoms with Crippen LogP contribution in [0.2, 0.25) is 0 Å². The van der Waals surface area contributed by atoms with Gasteiger partial charge in [0.1, 0.15) is 0 Å². The molecule has 0 aliphatic carbocycles. The van der Waals surface area contributed by atoms with Crippen LogP contribution in [0.5, 0.6) is 0 Å². The van der Waals surface area contributed by atoms with Crippen LogP contribution in [0.4, 0.5) is 18.9 Å². The zero-order chi connectivity index (χ0) is 13.8. The van der Waals surface area contributed by atoms with Crippen molar-refractivity contribution in [3.8, 4) is 0 Å². The van der Waals surface area contributed by atoms with Crippen molar-refractivity contribution in [3.05, 3.63) is 35.4 Å². The minimum atomic E-state index is -4.44. The zero-order valence-corrected chi connectivity index (χ0v) is 10.4. The van der Waals surface area contributed by atoms with Gasteiger partial charge in [0.2, 0.25) is 0 Å². The lowest BCUT2D eigenvalue weighted by Gasteiger charge is -2.12. The molecule has 2 nitrogen and oxygen atoms in total. The second-order valence-corrected chi connectivity index (χ2v) is 4.71. The molecule has 0 aliphatic heterocycles. The average molecular weight is 275 g/mol. The monoisotopic (exact) mass is 275 g/mol. The van der Waals surface area contributed by atoms with Gasteiger partial charge in [-0.25, -0.2) is 0 Å². The van der Waals surface area contributed by atoms with Crippen LogP contribution in [0.25, 0.3) is 6.08 Å². The smallest absolute Gasteiger partial charge is 0.398 e. The van der Waals surface area contributed by atoms with Crippen LogP contribution in [0.3, 0.4) is 0 Å². The van der Waals surface area contributed by atoms with Crippen molar-refractivity contribution < 1.29 is 18.0 Å². The van der Waals surface area contributed by atoms with E-state index in [4.69, 9.17) is 5.73 Å². The standard InChI is InChI=1S/C12H12F3NOS/c1-8(17)18-7-3-4-9-10(12(13,14)15)5-2-6-11(9)16/h2-6H,7,16H2,1H3. The number of carbonyl (C=O) groups excluding carboxylic acids is 1. The van der Waals surface area contributed by atoms with Gasteiger partial charge in [0.15, 0.2) is 5.12 Å². The van der Waals surface area contributed by atoms with Gasteiger partial charge in [0.25, 0.3) is 0 Å². The molecule has 98 valence electrons.